The molecule has 1 N–H and O–H groups in total. The lowest BCUT2D eigenvalue weighted by molar-refractivity contribution is 0.0256. The van der Waals surface area contributed by atoms with Crippen molar-refractivity contribution >= 4 is 17.5 Å². The van der Waals surface area contributed by atoms with E-state index in [1.54, 1.807) is 11.1 Å². The zero-order valence-corrected chi connectivity index (χ0v) is 19.5. The number of rotatable bonds is 6. The SMILES string of the molecule is CC(C)c1ccnc(Nc2cc(C3(C(C)C)CCOCC3)cc(N3CCC(F)(F)C3)n2)c1. The van der Waals surface area contributed by atoms with E-state index in [9.17, 15) is 8.78 Å². The second kappa shape index (κ2) is 8.93. The highest BCUT2D eigenvalue weighted by Gasteiger charge is 2.41. The van der Waals surface area contributed by atoms with Crippen LogP contribution in [0.3, 0.4) is 0 Å². The van der Waals surface area contributed by atoms with E-state index >= 15 is 0 Å². The van der Waals surface area contributed by atoms with Crippen LogP contribution in [0.25, 0.3) is 0 Å². The topological polar surface area (TPSA) is 50.3 Å². The summed E-state index contributed by atoms with van der Waals surface area (Å²) in [6, 6.07) is 8.13. The van der Waals surface area contributed by atoms with Crippen LogP contribution in [0.2, 0.25) is 0 Å². The second-order valence-electron chi connectivity index (χ2n) is 9.80. The third-order valence-corrected chi connectivity index (χ3v) is 7.08. The highest BCUT2D eigenvalue weighted by Crippen LogP contribution is 2.43. The summed E-state index contributed by atoms with van der Waals surface area (Å²) in [5.41, 5.74) is 2.25. The van der Waals surface area contributed by atoms with Crippen molar-refractivity contribution < 1.29 is 13.5 Å². The van der Waals surface area contributed by atoms with Crippen molar-refractivity contribution in [3.05, 3.63) is 41.6 Å². The minimum Gasteiger partial charge on any atom is -0.381 e. The molecule has 0 spiro atoms. The Balaban J connectivity index is 1.75. The van der Waals surface area contributed by atoms with Gasteiger partial charge in [-0.1, -0.05) is 27.7 Å². The molecule has 2 fully saturated rings. The predicted molar refractivity (Wildman–Crippen MR) is 124 cm³/mol. The number of anilines is 3. The Morgan fingerprint density at radius 2 is 1.78 bits per heavy atom. The van der Waals surface area contributed by atoms with Crippen LogP contribution < -0.4 is 10.2 Å². The molecule has 174 valence electrons. The van der Waals surface area contributed by atoms with Gasteiger partial charge >= 0.3 is 0 Å². The molecule has 0 aliphatic carbocycles. The summed E-state index contributed by atoms with van der Waals surface area (Å²) in [6.07, 6.45) is 3.47. The van der Waals surface area contributed by atoms with Crippen molar-refractivity contribution in [1.29, 1.82) is 0 Å². The number of ether oxygens (including phenoxy) is 1. The number of pyridine rings is 2. The van der Waals surface area contributed by atoms with Crippen molar-refractivity contribution in [2.24, 2.45) is 5.92 Å². The minimum atomic E-state index is -2.67. The standard InChI is InChI=1S/C25H34F2N4O/c1-17(2)19-5-9-28-21(13-19)29-22-14-20(24(18(3)4)7-11-32-12-8-24)15-23(30-22)31-10-6-25(26,27)16-31/h5,9,13-15,17-18H,6-8,10-12,16H2,1-4H3,(H,28,29,30). The van der Waals surface area contributed by atoms with E-state index in [-0.39, 0.29) is 18.4 Å². The first-order valence-corrected chi connectivity index (χ1v) is 11.6. The fourth-order valence-electron chi connectivity index (χ4n) is 4.90. The first kappa shape index (κ1) is 22.9. The van der Waals surface area contributed by atoms with Crippen LogP contribution >= 0.6 is 0 Å². The van der Waals surface area contributed by atoms with Crippen molar-refractivity contribution in [3.63, 3.8) is 0 Å². The van der Waals surface area contributed by atoms with Gasteiger partial charge in [0.15, 0.2) is 0 Å². The van der Waals surface area contributed by atoms with Crippen molar-refractivity contribution in [3.8, 4) is 0 Å². The summed E-state index contributed by atoms with van der Waals surface area (Å²) in [4.78, 5) is 10.9. The van der Waals surface area contributed by atoms with Gasteiger partial charge in [-0.2, -0.15) is 0 Å². The van der Waals surface area contributed by atoms with Gasteiger partial charge in [-0.25, -0.2) is 18.7 Å². The molecule has 2 aromatic rings. The van der Waals surface area contributed by atoms with Gasteiger partial charge in [0.2, 0.25) is 0 Å². The Morgan fingerprint density at radius 1 is 1.03 bits per heavy atom. The van der Waals surface area contributed by atoms with E-state index in [2.05, 4.69) is 44.1 Å². The number of nitrogens with one attached hydrogen (secondary N) is 1. The number of hydrogen-bond donors (Lipinski definition) is 1. The maximum Gasteiger partial charge on any atom is 0.266 e. The van der Waals surface area contributed by atoms with Crippen LogP contribution in [0, 0.1) is 5.92 Å². The molecule has 5 nitrogen and oxygen atoms in total. The number of aromatic nitrogens is 2. The molecule has 0 unspecified atom stereocenters. The Hall–Kier alpha value is -2.28. The predicted octanol–water partition coefficient (Wildman–Crippen LogP) is 5.89. The summed E-state index contributed by atoms with van der Waals surface area (Å²) < 4.78 is 33.7. The maximum atomic E-state index is 14.0. The first-order valence-electron chi connectivity index (χ1n) is 11.6. The van der Waals surface area contributed by atoms with Gasteiger partial charge in [0.05, 0.1) is 6.54 Å². The molecule has 0 aromatic carbocycles. The van der Waals surface area contributed by atoms with Crippen molar-refractivity contribution in [2.75, 3.05) is 36.5 Å². The summed E-state index contributed by atoms with van der Waals surface area (Å²) in [7, 11) is 0. The zero-order valence-electron chi connectivity index (χ0n) is 19.5. The highest BCUT2D eigenvalue weighted by molar-refractivity contribution is 5.59. The summed E-state index contributed by atoms with van der Waals surface area (Å²) >= 11 is 0. The largest absolute Gasteiger partial charge is 0.381 e. The third kappa shape index (κ3) is 4.72. The van der Waals surface area contributed by atoms with E-state index in [0.717, 1.165) is 18.4 Å². The molecule has 0 atom stereocenters. The lowest BCUT2D eigenvalue weighted by Crippen LogP contribution is -2.39. The average molecular weight is 445 g/mol. The fraction of sp³-hybridized carbons (Fsp3) is 0.600. The van der Waals surface area contributed by atoms with Crippen LogP contribution in [0.5, 0.6) is 0 Å². The van der Waals surface area contributed by atoms with Crippen LogP contribution in [0.1, 0.15) is 64.0 Å². The fourth-order valence-corrected chi connectivity index (χ4v) is 4.90. The number of hydrogen-bond acceptors (Lipinski definition) is 5. The van der Waals surface area contributed by atoms with Crippen LogP contribution in [-0.4, -0.2) is 42.2 Å². The van der Waals surface area contributed by atoms with Crippen LogP contribution in [0.4, 0.5) is 26.2 Å². The van der Waals surface area contributed by atoms with Gasteiger partial charge in [0.25, 0.3) is 5.92 Å². The third-order valence-electron chi connectivity index (χ3n) is 7.08. The molecule has 0 bridgehead atoms. The lowest BCUT2D eigenvalue weighted by Gasteiger charge is -2.42. The zero-order chi connectivity index (χ0) is 22.9. The van der Waals surface area contributed by atoms with Gasteiger partial charge < -0.3 is 15.0 Å². The minimum absolute atomic E-state index is 0.0676. The van der Waals surface area contributed by atoms with Crippen LogP contribution in [0.15, 0.2) is 30.5 Å². The molecular formula is C25H34F2N4O. The molecule has 2 saturated heterocycles. The second-order valence-corrected chi connectivity index (χ2v) is 9.80. The Morgan fingerprint density at radius 3 is 2.41 bits per heavy atom. The molecule has 0 saturated carbocycles. The Kier molecular flexibility index (Phi) is 6.39. The van der Waals surface area contributed by atoms with Gasteiger partial charge in [0.1, 0.15) is 17.5 Å². The quantitative estimate of drug-likeness (QED) is 0.602. The van der Waals surface area contributed by atoms with Gasteiger partial charge in [-0.3, -0.25) is 0 Å². The molecule has 0 amide bonds. The summed E-state index contributed by atoms with van der Waals surface area (Å²) in [6.45, 7) is 10.2. The number of halogens is 2. The van der Waals surface area contributed by atoms with Crippen LogP contribution in [-0.2, 0) is 10.2 Å². The molecule has 4 heterocycles. The molecule has 32 heavy (non-hydrogen) atoms. The summed E-state index contributed by atoms with van der Waals surface area (Å²) in [5, 5.41) is 3.35. The van der Waals surface area contributed by atoms with E-state index < -0.39 is 5.92 Å². The van der Waals surface area contributed by atoms with Gasteiger partial charge in [-0.05, 0) is 60.1 Å². The molecule has 2 aromatic heterocycles. The average Bonchev–Trinajstić information content (AvgIpc) is 3.14. The van der Waals surface area contributed by atoms with E-state index in [0.29, 0.717) is 49.0 Å². The van der Waals surface area contributed by atoms with Gasteiger partial charge in [0, 0.05) is 37.8 Å². The first-order chi connectivity index (χ1) is 15.2. The molecule has 7 heteroatoms. The Bertz CT molecular complexity index is 941. The van der Waals surface area contributed by atoms with E-state index in [1.165, 1.54) is 5.56 Å². The maximum absolute atomic E-state index is 14.0. The molecule has 4 rings (SSSR count). The molecule has 0 radical (unpaired) electrons. The monoisotopic (exact) mass is 444 g/mol. The normalized spacial score (nSPS) is 20.2. The smallest absolute Gasteiger partial charge is 0.266 e. The highest BCUT2D eigenvalue weighted by atomic mass is 19.3. The number of alkyl halides is 2. The van der Waals surface area contributed by atoms with E-state index in [1.807, 2.05) is 18.2 Å². The molecule has 2 aliphatic rings. The molecule has 2 aliphatic heterocycles. The van der Waals surface area contributed by atoms with Crippen molar-refractivity contribution in [1.82, 2.24) is 9.97 Å². The Labute approximate surface area is 189 Å². The van der Waals surface area contributed by atoms with Crippen molar-refractivity contribution in [2.45, 2.75) is 64.2 Å². The number of nitrogens with zero attached hydrogens (tertiary/aromatic N) is 3. The van der Waals surface area contributed by atoms with Gasteiger partial charge in [-0.15, -0.1) is 0 Å². The summed E-state index contributed by atoms with van der Waals surface area (Å²) in [5.74, 6) is 0.0569. The lowest BCUT2D eigenvalue weighted by atomic mass is 9.67. The van der Waals surface area contributed by atoms with E-state index in [4.69, 9.17) is 9.72 Å². The molecular weight excluding hydrogens is 410 g/mol.